The van der Waals surface area contributed by atoms with Crippen LogP contribution in [-0.2, 0) is 9.59 Å². The van der Waals surface area contributed by atoms with Crippen molar-refractivity contribution in [3.8, 4) is 11.5 Å². The molecule has 3 rings (SSSR count). The summed E-state index contributed by atoms with van der Waals surface area (Å²) in [6, 6.07) is 10.8. The molecule has 0 saturated carbocycles. The molecule has 1 aliphatic rings. The van der Waals surface area contributed by atoms with Gasteiger partial charge in [-0.15, -0.1) is 0 Å². The van der Waals surface area contributed by atoms with Gasteiger partial charge in [-0.25, -0.2) is 5.01 Å². The summed E-state index contributed by atoms with van der Waals surface area (Å²) in [5.74, 6) is -0.227. The van der Waals surface area contributed by atoms with Gasteiger partial charge in [-0.1, -0.05) is 12.1 Å². The zero-order valence-electron chi connectivity index (χ0n) is 17.7. The van der Waals surface area contributed by atoms with Crippen LogP contribution in [0.2, 0.25) is 0 Å². The molecule has 168 valence electrons. The van der Waals surface area contributed by atoms with Crippen LogP contribution in [0.1, 0.15) is 42.9 Å². The number of ether oxygens (including phenoxy) is 2. The summed E-state index contributed by atoms with van der Waals surface area (Å²) in [6.07, 6.45) is 0.354. The monoisotopic (exact) mass is 441 g/mol. The van der Waals surface area contributed by atoms with E-state index in [1.807, 2.05) is 0 Å². The minimum atomic E-state index is -0.984. The van der Waals surface area contributed by atoms with Crippen LogP contribution >= 0.6 is 0 Å². The van der Waals surface area contributed by atoms with Crippen molar-refractivity contribution in [1.29, 1.82) is 0 Å². The van der Waals surface area contributed by atoms with Gasteiger partial charge in [-0.05, 0) is 24.1 Å². The first-order chi connectivity index (χ1) is 15.3. The maximum absolute atomic E-state index is 12.9. The Kier molecular flexibility index (Phi) is 7.04. The number of carboxylic acids is 1. The number of amides is 1. The Morgan fingerprint density at radius 3 is 2.44 bits per heavy atom. The molecule has 0 radical (unpaired) electrons. The molecule has 1 N–H and O–H groups in total. The van der Waals surface area contributed by atoms with Gasteiger partial charge in [0.15, 0.2) is 0 Å². The quantitative estimate of drug-likeness (QED) is 0.465. The number of methoxy groups -OCH3 is 2. The van der Waals surface area contributed by atoms with Gasteiger partial charge >= 0.3 is 5.97 Å². The molecule has 1 heterocycles. The number of carbonyl (C=O) groups is 2. The lowest BCUT2D eigenvalue weighted by Crippen LogP contribution is -2.27. The van der Waals surface area contributed by atoms with Crippen LogP contribution in [0, 0.1) is 10.1 Å². The number of hydrazone groups is 1. The molecule has 1 atom stereocenters. The van der Waals surface area contributed by atoms with Crippen molar-refractivity contribution in [1.82, 2.24) is 5.01 Å². The van der Waals surface area contributed by atoms with E-state index in [0.29, 0.717) is 34.8 Å². The second-order valence-corrected chi connectivity index (χ2v) is 7.21. The van der Waals surface area contributed by atoms with Crippen molar-refractivity contribution >= 4 is 23.3 Å². The third-order valence-electron chi connectivity index (χ3n) is 5.10. The highest BCUT2D eigenvalue weighted by Crippen LogP contribution is 2.36. The van der Waals surface area contributed by atoms with Crippen LogP contribution < -0.4 is 9.47 Å². The van der Waals surface area contributed by atoms with Crippen LogP contribution in [0.4, 0.5) is 5.69 Å². The summed E-state index contributed by atoms with van der Waals surface area (Å²) < 4.78 is 10.6. The average molecular weight is 441 g/mol. The molecular formula is C22H23N3O7. The summed E-state index contributed by atoms with van der Waals surface area (Å²) in [7, 11) is 3.05. The Labute approximate surface area is 184 Å². The maximum Gasteiger partial charge on any atom is 0.303 e. The van der Waals surface area contributed by atoms with Crippen LogP contribution in [0.5, 0.6) is 11.5 Å². The van der Waals surface area contributed by atoms with E-state index in [9.17, 15) is 19.7 Å². The zero-order chi connectivity index (χ0) is 23.3. The first kappa shape index (κ1) is 22.7. The number of benzene rings is 2. The Bertz CT molecular complexity index is 1040. The minimum absolute atomic E-state index is 0.00403. The standard InChI is InChI=1S/C22H23N3O7/c1-31-17-10-15(11-18(12-17)32-2)19-13-20(14-5-3-6-16(9-14)25(29)30)24(23-19)21(26)7-4-8-22(27)28/h3,5-6,9-12,20H,4,7-8,13H2,1-2H3,(H,27,28)/t20-/m1/s1. The molecule has 10 heteroatoms. The van der Waals surface area contributed by atoms with E-state index < -0.39 is 16.9 Å². The summed E-state index contributed by atoms with van der Waals surface area (Å²) in [5.41, 5.74) is 1.76. The number of carbonyl (C=O) groups excluding carboxylic acids is 1. The fourth-order valence-electron chi connectivity index (χ4n) is 3.50. The van der Waals surface area contributed by atoms with E-state index in [2.05, 4.69) is 5.10 Å². The maximum atomic E-state index is 12.9. The SMILES string of the molecule is COc1cc(OC)cc(C2=NN(C(=O)CCCC(=O)O)[C@@H](c3cccc([N+](=O)[O-])c3)C2)c1. The third-order valence-corrected chi connectivity index (χ3v) is 5.10. The summed E-state index contributed by atoms with van der Waals surface area (Å²) >= 11 is 0. The molecule has 2 aromatic rings. The molecule has 0 unspecified atom stereocenters. The van der Waals surface area contributed by atoms with Gasteiger partial charge in [0.1, 0.15) is 11.5 Å². The predicted molar refractivity (Wildman–Crippen MR) is 115 cm³/mol. The van der Waals surface area contributed by atoms with E-state index in [0.717, 1.165) is 0 Å². The summed E-state index contributed by atoms with van der Waals surface area (Å²) in [4.78, 5) is 34.4. The first-order valence-electron chi connectivity index (χ1n) is 9.91. The fraction of sp³-hybridized carbons (Fsp3) is 0.318. The van der Waals surface area contributed by atoms with Gasteiger partial charge < -0.3 is 14.6 Å². The molecule has 1 amide bonds. The smallest absolute Gasteiger partial charge is 0.303 e. The lowest BCUT2D eigenvalue weighted by molar-refractivity contribution is -0.385. The number of nitro groups is 1. The van der Waals surface area contributed by atoms with Crippen LogP contribution in [0.15, 0.2) is 47.6 Å². The minimum Gasteiger partial charge on any atom is -0.497 e. The van der Waals surface area contributed by atoms with E-state index >= 15 is 0 Å². The van der Waals surface area contributed by atoms with Crippen molar-refractivity contribution in [2.24, 2.45) is 5.10 Å². The van der Waals surface area contributed by atoms with E-state index in [4.69, 9.17) is 14.6 Å². The number of rotatable bonds is 9. The van der Waals surface area contributed by atoms with Crippen molar-refractivity contribution in [2.45, 2.75) is 31.7 Å². The topological polar surface area (TPSA) is 132 Å². The van der Waals surface area contributed by atoms with Gasteiger partial charge in [-0.3, -0.25) is 19.7 Å². The van der Waals surface area contributed by atoms with Crippen LogP contribution in [0.3, 0.4) is 0 Å². The van der Waals surface area contributed by atoms with E-state index in [-0.39, 0.29) is 30.9 Å². The third kappa shape index (κ3) is 5.20. The fourth-order valence-corrected chi connectivity index (χ4v) is 3.50. The number of nitro benzene ring substituents is 1. The largest absolute Gasteiger partial charge is 0.497 e. The number of aliphatic carboxylic acids is 1. The first-order valence-corrected chi connectivity index (χ1v) is 9.91. The molecule has 0 fully saturated rings. The van der Waals surface area contributed by atoms with E-state index in [1.54, 1.807) is 30.3 Å². The molecule has 32 heavy (non-hydrogen) atoms. The van der Waals surface area contributed by atoms with Crippen molar-refractivity contribution in [2.75, 3.05) is 14.2 Å². The molecular weight excluding hydrogens is 418 g/mol. The zero-order valence-corrected chi connectivity index (χ0v) is 17.7. The van der Waals surface area contributed by atoms with Crippen LogP contribution in [-0.4, -0.2) is 46.8 Å². The lowest BCUT2D eigenvalue weighted by atomic mass is 9.97. The van der Waals surface area contributed by atoms with Gasteiger partial charge in [0.2, 0.25) is 5.91 Å². The van der Waals surface area contributed by atoms with Gasteiger partial charge in [0, 0.05) is 43.0 Å². The van der Waals surface area contributed by atoms with Gasteiger partial charge in [0.25, 0.3) is 5.69 Å². The number of nitrogens with zero attached hydrogens (tertiary/aromatic N) is 3. The molecule has 0 bridgehead atoms. The van der Waals surface area contributed by atoms with E-state index in [1.165, 1.54) is 31.4 Å². The molecule has 0 saturated heterocycles. The molecule has 10 nitrogen and oxygen atoms in total. The van der Waals surface area contributed by atoms with Crippen molar-refractivity contribution in [3.05, 3.63) is 63.7 Å². The van der Waals surface area contributed by atoms with Crippen molar-refractivity contribution in [3.63, 3.8) is 0 Å². The Morgan fingerprint density at radius 1 is 1.16 bits per heavy atom. The highest BCUT2D eigenvalue weighted by Gasteiger charge is 2.34. The molecule has 0 aromatic heterocycles. The summed E-state index contributed by atoms with van der Waals surface area (Å²) in [6.45, 7) is 0. The summed E-state index contributed by atoms with van der Waals surface area (Å²) in [5, 5.41) is 25.9. The second kappa shape index (κ2) is 9.90. The molecule has 0 spiro atoms. The van der Waals surface area contributed by atoms with Crippen molar-refractivity contribution < 1.29 is 29.1 Å². The van der Waals surface area contributed by atoms with Crippen LogP contribution in [0.25, 0.3) is 0 Å². The normalized spacial score (nSPS) is 15.2. The Balaban J connectivity index is 1.96. The molecule has 1 aliphatic heterocycles. The molecule has 2 aromatic carbocycles. The Morgan fingerprint density at radius 2 is 1.84 bits per heavy atom. The predicted octanol–water partition coefficient (Wildman–Crippen LogP) is 3.54. The van der Waals surface area contributed by atoms with Gasteiger partial charge in [0.05, 0.1) is 30.9 Å². The lowest BCUT2D eigenvalue weighted by Gasteiger charge is -2.22. The number of hydrogen-bond donors (Lipinski definition) is 1. The number of hydrogen-bond acceptors (Lipinski definition) is 7. The average Bonchev–Trinajstić information content (AvgIpc) is 3.24. The van der Waals surface area contributed by atoms with Gasteiger partial charge in [-0.2, -0.15) is 5.10 Å². The Hall–Kier alpha value is -3.95. The number of carboxylic acid groups (broad SMARTS) is 1. The second-order valence-electron chi connectivity index (χ2n) is 7.21. The highest BCUT2D eigenvalue weighted by molar-refractivity contribution is 6.03. The molecule has 0 aliphatic carbocycles. The number of non-ortho nitro benzene ring substituents is 1. The highest BCUT2D eigenvalue weighted by atomic mass is 16.6.